The molecule has 0 radical (unpaired) electrons. The Morgan fingerprint density at radius 3 is 2.67 bits per heavy atom. The summed E-state index contributed by atoms with van der Waals surface area (Å²) in [5, 5.41) is 4.78. The Bertz CT molecular complexity index is 541. The van der Waals surface area contributed by atoms with E-state index < -0.39 is 0 Å². The zero-order chi connectivity index (χ0) is 13.0. The number of nitrogens with zero attached hydrogens (tertiary/aromatic N) is 1. The van der Waals surface area contributed by atoms with Gasteiger partial charge in [0.1, 0.15) is 0 Å². The smallest absolute Gasteiger partial charge is 0.0451 e. The maximum absolute atomic E-state index is 6.10. The van der Waals surface area contributed by atoms with Crippen molar-refractivity contribution in [3.63, 3.8) is 0 Å². The molecule has 94 valence electrons. The maximum atomic E-state index is 6.10. The Morgan fingerprint density at radius 1 is 1.11 bits per heavy atom. The molecule has 0 atom stereocenters. The highest BCUT2D eigenvalue weighted by Gasteiger charge is 2.02. The zero-order valence-corrected chi connectivity index (χ0v) is 11.6. The summed E-state index contributed by atoms with van der Waals surface area (Å²) in [4.78, 5) is 4.12. The Balaban J connectivity index is 1.96. The van der Waals surface area contributed by atoms with Crippen LogP contribution in [0.3, 0.4) is 0 Å². The Hall–Kier alpha value is -1.09. The highest BCUT2D eigenvalue weighted by Crippen LogP contribution is 2.20. The Morgan fingerprint density at radius 2 is 1.89 bits per heavy atom. The minimum absolute atomic E-state index is 0.688. The van der Waals surface area contributed by atoms with E-state index in [1.807, 2.05) is 24.4 Å². The fraction of sp³-hybridized carbons (Fsp3) is 0.214. The second kappa shape index (κ2) is 6.19. The summed E-state index contributed by atoms with van der Waals surface area (Å²) >= 11 is 12.0. The molecule has 1 N–H and O–H groups in total. The molecule has 2 aromatic rings. The number of aromatic nitrogens is 1. The van der Waals surface area contributed by atoms with Crippen molar-refractivity contribution in [1.29, 1.82) is 0 Å². The van der Waals surface area contributed by atoms with Gasteiger partial charge in [-0.05, 0) is 47.9 Å². The summed E-state index contributed by atoms with van der Waals surface area (Å²) in [6, 6.07) is 7.49. The summed E-state index contributed by atoms with van der Waals surface area (Å²) in [7, 11) is 0. The standard InChI is InChI=1S/C14H14Cl2N2/c1-10-4-5-17-8-12(10)9-18-7-11-6-13(15)2-3-14(11)16/h2-6,8,18H,7,9H2,1H3. The van der Waals surface area contributed by atoms with E-state index in [2.05, 4.69) is 17.2 Å². The number of pyridine rings is 1. The molecule has 0 aliphatic carbocycles. The van der Waals surface area contributed by atoms with Crippen LogP contribution < -0.4 is 5.32 Å². The molecule has 0 aliphatic rings. The second-order valence-corrected chi connectivity index (χ2v) is 4.99. The summed E-state index contributed by atoms with van der Waals surface area (Å²) in [5.41, 5.74) is 3.43. The van der Waals surface area contributed by atoms with Gasteiger partial charge in [0.05, 0.1) is 0 Å². The van der Waals surface area contributed by atoms with Crippen LogP contribution in [0.5, 0.6) is 0 Å². The molecule has 18 heavy (non-hydrogen) atoms. The number of aryl methyl sites for hydroxylation is 1. The highest BCUT2D eigenvalue weighted by molar-refractivity contribution is 6.33. The first-order valence-electron chi connectivity index (χ1n) is 5.71. The fourth-order valence-corrected chi connectivity index (χ4v) is 2.07. The number of benzene rings is 1. The van der Waals surface area contributed by atoms with Gasteiger partial charge in [-0.1, -0.05) is 23.2 Å². The van der Waals surface area contributed by atoms with E-state index in [-0.39, 0.29) is 0 Å². The Labute approximate surface area is 117 Å². The van der Waals surface area contributed by atoms with E-state index in [9.17, 15) is 0 Å². The van der Waals surface area contributed by atoms with Crippen LogP contribution in [0, 0.1) is 6.92 Å². The average molecular weight is 281 g/mol. The monoisotopic (exact) mass is 280 g/mol. The van der Waals surface area contributed by atoms with Crippen LogP contribution in [0.2, 0.25) is 10.0 Å². The van der Waals surface area contributed by atoms with Crippen LogP contribution >= 0.6 is 23.2 Å². The van der Waals surface area contributed by atoms with Crippen LogP contribution in [0.15, 0.2) is 36.7 Å². The number of hydrogen-bond acceptors (Lipinski definition) is 2. The summed E-state index contributed by atoms with van der Waals surface area (Å²) < 4.78 is 0. The minimum Gasteiger partial charge on any atom is -0.308 e. The number of hydrogen-bond donors (Lipinski definition) is 1. The van der Waals surface area contributed by atoms with E-state index in [0.717, 1.165) is 17.1 Å². The van der Waals surface area contributed by atoms with E-state index in [1.165, 1.54) is 11.1 Å². The van der Waals surface area contributed by atoms with E-state index in [0.29, 0.717) is 11.6 Å². The van der Waals surface area contributed by atoms with Crippen molar-refractivity contribution in [1.82, 2.24) is 10.3 Å². The molecule has 1 aromatic heterocycles. The second-order valence-electron chi connectivity index (χ2n) is 4.14. The lowest BCUT2D eigenvalue weighted by atomic mass is 10.1. The lowest BCUT2D eigenvalue weighted by Crippen LogP contribution is -2.14. The topological polar surface area (TPSA) is 24.9 Å². The molecule has 0 spiro atoms. The predicted molar refractivity (Wildman–Crippen MR) is 76.0 cm³/mol. The molecule has 0 aliphatic heterocycles. The van der Waals surface area contributed by atoms with E-state index in [4.69, 9.17) is 23.2 Å². The first kappa shape index (κ1) is 13.3. The lowest BCUT2D eigenvalue weighted by Gasteiger charge is -2.08. The molecular formula is C14H14Cl2N2. The van der Waals surface area contributed by atoms with Crippen molar-refractivity contribution >= 4 is 23.2 Å². The van der Waals surface area contributed by atoms with Crippen LogP contribution in [0.4, 0.5) is 0 Å². The number of halogens is 2. The summed E-state index contributed by atoms with van der Waals surface area (Å²) in [6.45, 7) is 3.53. The van der Waals surface area contributed by atoms with Crippen molar-refractivity contribution in [3.05, 3.63) is 63.4 Å². The van der Waals surface area contributed by atoms with Gasteiger partial charge >= 0.3 is 0 Å². The van der Waals surface area contributed by atoms with Crippen LogP contribution in [-0.2, 0) is 13.1 Å². The molecule has 4 heteroatoms. The number of rotatable bonds is 4. The molecule has 0 unspecified atom stereocenters. The van der Waals surface area contributed by atoms with Crippen molar-refractivity contribution in [2.75, 3.05) is 0 Å². The van der Waals surface area contributed by atoms with Gasteiger partial charge in [-0.25, -0.2) is 0 Å². The van der Waals surface area contributed by atoms with Crippen LogP contribution in [0.25, 0.3) is 0 Å². The van der Waals surface area contributed by atoms with Crippen molar-refractivity contribution in [2.45, 2.75) is 20.0 Å². The molecule has 0 saturated heterocycles. The summed E-state index contributed by atoms with van der Waals surface area (Å²) in [6.07, 6.45) is 3.68. The molecule has 1 heterocycles. The SMILES string of the molecule is Cc1ccncc1CNCc1cc(Cl)ccc1Cl. The molecule has 0 amide bonds. The third-order valence-corrected chi connectivity index (χ3v) is 3.39. The average Bonchev–Trinajstić information content (AvgIpc) is 2.36. The largest absolute Gasteiger partial charge is 0.308 e. The highest BCUT2D eigenvalue weighted by atomic mass is 35.5. The predicted octanol–water partition coefficient (Wildman–Crippen LogP) is 3.99. The maximum Gasteiger partial charge on any atom is 0.0451 e. The fourth-order valence-electron chi connectivity index (χ4n) is 1.69. The molecule has 0 bridgehead atoms. The quantitative estimate of drug-likeness (QED) is 0.916. The molecule has 2 nitrogen and oxygen atoms in total. The zero-order valence-electron chi connectivity index (χ0n) is 10.1. The minimum atomic E-state index is 0.688. The summed E-state index contributed by atoms with van der Waals surface area (Å²) in [5.74, 6) is 0. The van der Waals surface area contributed by atoms with E-state index in [1.54, 1.807) is 12.3 Å². The van der Waals surface area contributed by atoms with Gasteiger partial charge in [0.2, 0.25) is 0 Å². The lowest BCUT2D eigenvalue weighted by molar-refractivity contribution is 0.688. The third-order valence-electron chi connectivity index (χ3n) is 2.79. The van der Waals surface area contributed by atoms with Gasteiger partial charge in [0.15, 0.2) is 0 Å². The van der Waals surface area contributed by atoms with E-state index >= 15 is 0 Å². The number of nitrogens with one attached hydrogen (secondary N) is 1. The Kier molecular flexibility index (Phi) is 4.59. The van der Waals surface area contributed by atoms with Crippen LogP contribution in [0.1, 0.15) is 16.7 Å². The first-order valence-corrected chi connectivity index (χ1v) is 6.46. The molecule has 1 aromatic carbocycles. The van der Waals surface area contributed by atoms with Gasteiger partial charge < -0.3 is 5.32 Å². The van der Waals surface area contributed by atoms with Crippen molar-refractivity contribution < 1.29 is 0 Å². The molecule has 0 saturated carbocycles. The van der Waals surface area contributed by atoms with Gasteiger partial charge in [0.25, 0.3) is 0 Å². The van der Waals surface area contributed by atoms with Crippen LogP contribution in [-0.4, -0.2) is 4.98 Å². The molecule has 2 rings (SSSR count). The van der Waals surface area contributed by atoms with Gasteiger partial charge in [-0.15, -0.1) is 0 Å². The third kappa shape index (κ3) is 3.45. The van der Waals surface area contributed by atoms with Crippen molar-refractivity contribution in [2.24, 2.45) is 0 Å². The van der Waals surface area contributed by atoms with Gasteiger partial charge in [-0.3, -0.25) is 4.98 Å². The molecular weight excluding hydrogens is 267 g/mol. The molecule has 0 fully saturated rings. The van der Waals surface area contributed by atoms with Crippen molar-refractivity contribution in [3.8, 4) is 0 Å². The first-order chi connectivity index (χ1) is 8.66. The van der Waals surface area contributed by atoms with Gasteiger partial charge in [0, 0.05) is 35.5 Å². The van der Waals surface area contributed by atoms with Gasteiger partial charge in [-0.2, -0.15) is 0 Å². The normalized spacial score (nSPS) is 10.6.